The minimum absolute atomic E-state index is 0.260. The summed E-state index contributed by atoms with van der Waals surface area (Å²) in [6, 6.07) is 6.22. The molecule has 1 N–H and O–H groups in total. The monoisotopic (exact) mass is 356 g/mol. The van der Waals surface area contributed by atoms with Gasteiger partial charge >= 0.3 is 6.09 Å². The fourth-order valence-corrected chi connectivity index (χ4v) is 3.22. The smallest absolute Gasteiger partial charge is 0.415 e. The van der Waals surface area contributed by atoms with Gasteiger partial charge in [0.05, 0.1) is 6.61 Å². The summed E-state index contributed by atoms with van der Waals surface area (Å²) < 4.78 is 5.44. The Morgan fingerprint density at radius 3 is 2.96 bits per heavy atom. The molecule has 0 fully saturated rings. The molecule has 1 amide bonds. The van der Waals surface area contributed by atoms with Crippen LogP contribution in [0.1, 0.15) is 56.0 Å². The first-order chi connectivity index (χ1) is 12.8. The lowest BCUT2D eigenvalue weighted by Crippen LogP contribution is -2.33. The van der Waals surface area contributed by atoms with Crippen LogP contribution in [-0.2, 0) is 24.0 Å². The summed E-state index contributed by atoms with van der Waals surface area (Å²) in [5, 5.41) is 6.97. The van der Waals surface area contributed by atoms with Crippen LogP contribution in [0.5, 0.6) is 0 Å². The summed E-state index contributed by atoms with van der Waals surface area (Å²) in [5.74, 6) is 0.794. The molecule has 0 saturated carbocycles. The Morgan fingerprint density at radius 2 is 2.15 bits per heavy atom. The van der Waals surface area contributed by atoms with E-state index in [-0.39, 0.29) is 6.09 Å². The van der Waals surface area contributed by atoms with Crippen LogP contribution in [0.25, 0.3) is 0 Å². The third-order valence-electron chi connectivity index (χ3n) is 4.73. The second-order valence-electron chi connectivity index (χ2n) is 6.80. The Kier molecular flexibility index (Phi) is 6.63. The lowest BCUT2D eigenvalue weighted by Gasteiger charge is -2.21. The number of aryl methyl sites for hydroxylation is 3. The first kappa shape index (κ1) is 18.4. The van der Waals surface area contributed by atoms with Gasteiger partial charge in [0, 0.05) is 24.1 Å². The van der Waals surface area contributed by atoms with Crippen LogP contribution in [0.2, 0.25) is 0 Å². The molecule has 0 saturated heterocycles. The molecule has 3 heterocycles. The molecule has 0 spiro atoms. The molecular formula is C20H28N4O2. The van der Waals surface area contributed by atoms with Crippen molar-refractivity contribution in [2.24, 2.45) is 0 Å². The number of carbonyl (C=O) groups excluding carboxylic acids is 1. The number of unbranched alkanes of at least 4 members (excludes halogenated alkanes) is 1. The normalized spacial score (nSPS) is 14.0. The van der Waals surface area contributed by atoms with Gasteiger partial charge < -0.3 is 4.74 Å². The molecule has 26 heavy (non-hydrogen) atoms. The first-order valence-corrected chi connectivity index (χ1v) is 9.69. The number of hydrogen-bond donors (Lipinski definition) is 1. The molecule has 0 aromatic carbocycles. The van der Waals surface area contributed by atoms with Gasteiger partial charge in [-0.3, -0.25) is 10.00 Å². The summed E-state index contributed by atoms with van der Waals surface area (Å²) in [4.78, 5) is 19.1. The van der Waals surface area contributed by atoms with Crippen molar-refractivity contribution in [1.29, 1.82) is 0 Å². The van der Waals surface area contributed by atoms with E-state index in [1.807, 2.05) is 6.07 Å². The number of rotatable bonds is 7. The van der Waals surface area contributed by atoms with E-state index < -0.39 is 0 Å². The summed E-state index contributed by atoms with van der Waals surface area (Å²) in [6.07, 6.45) is 9.27. The number of ether oxygens (including phenoxy) is 1. The number of hydrogen-bond acceptors (Lipinski definition) is 4. The highest BCUT2D eigenvalue weighted by molar-refractivity contribution is 5.87. The maximum Gasteiger partial charge on any atom is 0.415 e. The highest BCUT2D eigenvalue weighted by atomic mass is 16.6. The molecule has 0 bridgehead atoms. The number of fused-ring (bicyclic) bond motifs is 1. The van der Waals surface area contributed by atoms with Crippen molar-refractivity contribution < 1.29 is 9.53 Å². The van der Waals surface area contributed by atoms with Crippen LogP contribution < -0.4 is 4.90 Å². The first-order valence-electron chi connectivity index (χ1n) is 9.69. The van der Waals surface area contributed by atoms with Crippen molar-refractivity contribution in [3.63, 3.8) is 0 Å². The standard InChI is InChI=1S/C20H28N4O2/c1-2-3-15-26-20(25)24-14-5-4-7-16-10-11-17(22-19(16)24)8-6-9-18-12-13-21-23-18/h10-13H,2-9,14-15H2,1H3,(H,21,23). The van der Waals surface area contributed by atoms with Crippen molar-refractivity contribution in [1.82, 2.24) is 15.2 Å². The minimum Gasteiger partial charge on any atom is -0.449 e. The Morgan fingerprint density at radius 1 is 1.23 bits per heavy atom. The van der Waals surface area contributed by atoms with Crippen LogP contribution in [0.4, 0.5) is 10.6 Å². The Balaban J connectivity index is 1.67. The maximum atomic E-state index is 12.5. The molecule has 0 unspecified atom stereocenters. The predicted molar refractivity (Wildman–Crippen MR) is 101 cm³/mol. The molecule has 140 valence electrons. The fourth-order valence-electron chi connectivity index (χ4n) is 3.22. The molecule has 2 aromatic rings. The van der Waals surface area contributed by atoms with Gasteiger partial charge in [0.2, 0.25) is 0 Å². The summed E-state index contributed by atoms with van der Waals surface area (Å²) in [5.41, 5.74) is 3.31. The van der Waals surface area contributed by atoms with Crippen molar-refractivity contribution in [2.45, 2.75) is 58.3 Å². The molecule has 2 aromatic heterocycles. The highest BCUT2D eigenvalue weighted by Crippen LogP contribution is 2.26. The van der Waals surface area contributed by atoms with Crippen molar-refractivity contribution in [2.75, 3.05) is 18.1 Å². The molecule has 0 atom stereocenters. The number of aromatic amines is 1. The maximum absolute atomic E-state index is 12.5. The van der Waals surface area contributed by atoms with Gasteiger partial charge in [-0.05, 0) is 62.6 Å². The molecule has 1 aliphatic rings. The zero-order valence-electron chi connectivity index (χ0n) is 15.5. The van der Waals surface area contributed by atoms with Crippen LogP contribution in [-0.4, -0.2) is 34.4 Å². The van der Waals surface area contributed by atoms with Crippen LogP contribution in [0, 0.1) is 0 Å². The minimum atomic E-state index is -0.260. The number of aromatic nitrogens is 3. The van der Waals surface area contributed by atoms with Gasteiger partial charge in [-0.25, -0.2) is 9.78 Å². The topological polar surface area (TPSA) is 71.1 Å². The van der Waals surface area contributed by atoms with Crippen molar-refractivity contribution in [3.05, 3.63) is 41.3 Å². The predicted octanol–water partition coefficient (Wildman–Crippen LogP) is 4.06. The molecule has 3 rings (SSSR count). The number of anilines is 1. The number of nitrogens with one attached hydrogen (secondary N) is 1. The van der Waals surface area contributed by atoms with Gasteiger partial charge in [0.1, 0.15) is 5.82 Å². The SMILES string of the molecule is CCCCOC(=O)N1CCCCc2ccc(CCCc3ccn[nH]3)nc21. The van der Waals surface area contributed by atoms with Gasteiger partial charge in [0.15, 0.2) is 0 Å². The van der Waals surface area contributed by atoms with Crippen molar-refractivity contribution >= 4 is 11.9 Å². The molecule has 0 aliphatic carbocycles. The zero-order valence-corrected chi connectivity index (χ0v) is 15.5. The van der Waals surface area contributed by atoms with Gasteiger partial charge in [0.25, 0.3) is 0 Å². The zero-order chi connectivity index (χ0) is 18.2. The number of pyridine rings is 1. The quantitative estimate of drug-likeness (QED) is 0.760. The summed E-state index contributed by atoms with van der Waals surface area (Å²) in [6.45, 7) is 3.25. The van der Waals surface area contributed by atoms with Crippen LogP contribution in [0.3, 0.4) is 0 Å². The van der Waals surface area contributed by atoms with E-state index >= 15 is 0 Å². The molecular weight excluding hydrogens is 328 g/mol. The second-order valence-corrected chi connectivity index (χ2v) is 6.80. The fraction of sp³-hybridized carbons (Fsp3) is 0.550. The number of H-pyrrole nitrogens is 1. The Bertz CT molecular complexity index is 700. The number of carbonyl (C=O) groups is 1. The van der Waals surface area contributed by atoms with Gasteiger partial charge in [-0.1, -0.05) is 19.4 Å². The average molecular weight is 356 g/mol. The molecule has 0 radical (unpaired) electrons. The van der Waals surface area contributed by atoms with Gasteiger partial charge in [-0.2, -0.15) is 5.10 Å². The average Bonchev–Trinajstić information content (AvgIpc) is 3.07. The summed E-state index contributed by atoms with van der Waals surface area (Å²) >= 11 is 0. The summed E-state index contributed by atoms with van der Waals surface area (Å²) in [7, 11) is 0. The van der Waals surface area contributed by atoms with E-state index in [2.05, 4.69) is 29.3 Å². The van der Waals surface area contributed by atoms with Crippen LogP contribution >= 0.6 is 0 Å². The third kappa shape index (κ3) is 4.84. The van der Waals surface area contributed by atoms with Crippen LogP contribution in [0.15, 0.2) is 24.4 Å². The Hall–Kier alpha value is -2.37. The van der Waals surface area contributed by atoms with E-state index in [4.69, 9.17) is 9.72 Å². The van der Waals surface area contributed by atoms with Gasteiger partial charge in [-0.15, -0.1) is 0 Å². The second kappa shape index (κ2) is 9.36. The van der Waals surface area contributed by atoms with E-state index in [0.717, 1.165) is 74.1 Å². The van der Waals surface area contributed by atoms with E-state index in [0.29, 0.717) is 13.2 Å². The lowest BCUT2D eigenvalue weighted by molar-refractivity contribution is 0.151. The van der Waals surface area contributed by atoms with E-state index in [1.54, 1.807) is 11.1 Å². The Labute approximate surface area is 155 Å². The number of amides is 1. The number of nitrogens with zero attached hydrogens (tertiary/aromatic N) is 3. The van der Waals surface area contributed by atoms with E-state index in [1.165, 1.54) is 0 Å². The van der Waals surface area contributed by atoms with E-state index in [9.17, 15) is 4.79 Å². The largest absolute Gasteiger partial charge is 0.449 e. The van der Waals surface area contributed by atoms with Crippen molar-refractivity contribution in [3.8, 4) is 0 Å². The molecule has 6 heteroatoms. The third-order valence-corrected chi connectivity index (χ3v) is 4.73. The molecule has 6 nitrogen and oxygen atoms in total. The highest BCUT2D eigenvalue weighted by Gasteiger charge is 2.24. The lowest BCUT2D eigenvalue weighted by atomic mass is 10.1. The molecule has 1 aliphatic heterocycles.